The molecule has 4 atom stereocenters. The Labute approximate surface area is 253 Å². The Morgan fingerprint density at radius 1 is 1.14 bits per heavy atom. The van der Waals surface area contributed by atoms with E-state index in [1.165, 1.54) is 0 Å². The predicted octanol–water partition coefficient (Wildman–Crippen LogP) is 5.54. The fourth-order valence-electron chi connectivity index (χ4n) is 7.52. The Hall–Kier alpha value is -3.34. The molecule has 2 aromatic heterocycles. The van der Waals surface area contributed by atoms with Crippen molar-refractivity contribution in [3.63, 3.8) is 0 Å². The zero-order valence-electron chi connectivity index (χ0n) is 24.0. The number of ether oxygens (including phenoxy) is 2. The molecule has 1 N–H and O–H groups in total. The van der Waals surface area contributed by atoms with Gasteiger partial charge >= 0.3 is 6.01 Å². The number of rotatable bonds is 5. The molecule has 0 radical (unpaired) electrons. The Kier molecular flexibility index (Phi) is 6.58. The van der Waals surface area contributed by atoms with Gasteiger partial charge < -0.3 is 19.7 Å². The van der Waals surface area contributed by atoms with E-state index in [-0.39, 0.29) is 47.3 Å². The monoisotopic (exact) mass is 606 g/mol. The minimum Gasteiger partial charge on any atom is -0.475 e. The van der Waals surface area contributed by atoms with Gasteiger partial charge in [0.05, 0.1) is 11.6 Å². The highest BCUT2D eigenvalue weighted by molar-refractivity contribution is 6.36. The lowest BCUT2D eigenvalue weighted by Crippen LogP contribution is -2.58. The molecule has 0 spiro atoms. The van der Waals surface area contributed by atoms with Gasteiger partial charge in [-0.1, -0.05) is 48.9 Å². The number of halogens is 3. The minimum absolute atomic E-state index is 0.0347. The third-order valence-electron chi connectivity index (χ3n) is 9.73. The van der Waals surface area contributed by atoms with E-state index in [0.717, 1.165) is 31.2 Å². The van der Waals surface area contributed by atoms with Crippen molar-refractivity contribution in [1.82, 2.24) is 25.2 Å². The Bertz CT molecular complexity index is 1740. The van der Waals surface area contributed by atoms with Gasteiger partial charge in [-0.15, -0.1) is 0 Å². The van der Waals surface area contributed by atoms with Crippen molar-refractivity contribution in [3.05, 3.63) is 47.2 Å². The number of fused-ring (bicyclic) bond motifs is 4. The van der Waals surface area contributed by atoms with Gasteiger partial charge in [0.2, 0.25) is 5.88 Å². The smallest absolute Gasteiger partial charge is 0.319 e. The first-order valence-electron chi connectivity index (χ1n) is 15.2. The van der Waals surface area contributed by atoms with Crippen molar-refractivity contribution in [2.75, 3.05) is 44.3 Å². The molecule has 8 rings (SSSR count). The van der Waals surface area contributed by atoms with Gasteiger partial charge in [0.15, 0.2) is 5.82 Å². The standard InChI is InChI=1S/C32H33ClF2N6O2/c1-2-20-15-41-21(13-36-20)16-42-30-25-28(26(35)27(37-30)22-8-3-6-18-7-4-9-23(33)24(18)22)38-31(39-29(25)41)43-17-32-10-5-11-40(32)14-19(34)12-32/h3-4,6-9,19-21,36H,2,5,10-17H2,1H3/t19-,20-,21-,32+/m1/s1. The number of anilines is 1. The van der Waals surface area contributed by atoms with Crippen LogP contribution in [-0.4, -0.2) is 83.0 Å². The van der Waals surface area contributed by atoms with Gasteiger partial charge in [-0.05, 0) is 37.3 Å². The summed E-state index contributed by atoms with van der Waals surface area (Å²) in [4.78, 5) is 18.7. The van der Waals surface area contributed by atoms with E-state index in [2.05, 4.69) is 27.0 Å². The molecule has 0 aliphatic carbocycles. The van der Waals surface area contributed by atoms with Crippen molar-refractivity contribution in [3.8, 4) is 23.1 Å². The van der Waals surface area contributed by atoms with E-state index in [1.54, 1.807) is 6.07 Å². The van der Waals surface area contributed by atoms with E-state index >= 15 is 4.39 Å². The van der Waals surface area contributed by atoms with Crippen LogP contribution in [0, 0.1) is 5.82 Å². The average molecular weight is 607 g/mol. The summed E-state index contributed by atoms with van der Waals surface area (Å²) in [6.07, 6.45) is 2.34. The second-order valence-corrected chi connectivity index (χ2v) is 12.7. The first-order chi connectivity index (χ1) is 20.9. The zero-order valence-corrected chi connectivity index (χ0v) is 24.7. The van der Waals surface area contributed by atoms with Crippen LogP contribution in [0.5, 0.6) is 11.9 Å². The molecular formula is C32H33ClF2N6O2. The molecule has 8 nitrogen and oxygen atoms in total. The molecule has 4 aliphatic rings. The topological polar surface area (TPSA) is 75.6 Å². The van der Waals surface area contributed by atoms with Crippen molar-refractivity contribution >= 4 is 39.1 Å². The SMILES string of the molecule is CC[C@@H]1CN2c3nc(OC[C@@]45CCCN4C[C@H](F)C5)nc4c(F)c(-c5cccc6cccc(Cl)c56)nc(c34)OC[C@H]2CN1. The first kappa shape index (κ1) is 27.2. The molecule has 224 valence electrons. The van der Waals surface area contributed by atoms with E-state index < -0.39 is 12.0 Å². The minimum atomic E-state index is -0.878. The average Bonchev–Trinajstić information content (AvgIpc) is 3.49. The number of piperazine rings is 1. The second kappa shape index (κ2) is 10.4. The Morgan fingerprint density at radius 3 is 2.86 bits per heavy atom. The van der Waals surface area contributed by atoms with E-state index in [1.807, 2.05) is 30.3 Å². The fraction of sp³-hybridized carbons (Fsp3) is 0.469. The third-order valence-corrected chi connectivity index (χ3v) is 10.0. The summed E-state index contributed by atoms with van der Waals surface area (Å²) in [7, 11) is 0. The first-order valence-corrected chi connectivity index (χ1v) is 15.6. The van der Waals surface area contributed by atoms with Gasteiger partial charge in [-0.3, -0.25) is 4.90 Å². The number of pyridine rings is 1. The van der Waals surface area contributed by atoms with Crippen molar-refractivity contribution in [1.29, 1.82) is 0 Å². The number of aromatic nitrogens is 3. The highest BCUT2D eigenvalue weighted by atomic mass is 35.5. The van der Waals surface area contributed by atoms with Gasteiger partial charge in [0.1, 0.15) is 41.8 Å². The molecule has 0 unspecified atom stereocenters. The van der Waals surface area contributed by atoms with Crippen LogP contribution in [0.2, 0.25) is 5.02 Å². The molecule has 2 aromatic carbocycles. The lowest BCUT2D eigenvalue weighted by molar-refractivity contribution is 0.107. The van der Waals surface area contributed by atoms with Crippen molar-refractivity contribution < 1.29 is 18.3 Å². The molecule has 6 heterocycles. The number of nitrogens with zero attached hydrogens (tertiary/aromatic N) is 5. The molecule has 4 aromatic rings. The maximum atomic E-state index is 16.8. The van der Waals surface area contributed by atoms with Crippen LogP contribution in [0.25, 0.3) is 32.9 Å². The number of hydrogen-bond acceptors (Lipinski definition) is 8. The lowest BCUT2D eigenvalue weighted by atomic mass is 9.95. The molecule has 4 aliphatic heterocycles. The molecule has 43 heavy (non-hydrogen) atoms. The summed E-state index contributed by atoms with van der Waals surface area (Å²) in [5, 5.41) is 6.11. The highest BCUT2D eigenvalue weighted by Gasteiger charge is 2.49. The van der Waals surface area contributed by atoms with Crippen LogP contribution < -0.4 is 19.7 Å². The van der Waals surface area contributed by atoms with Crippen LogP contribution in [0.3, 0.4) is 0 Å². The predicted molar refractivity (Wildman–Crippen MR) is 162 cm³/mol. The number of nitrogens with one attached hydrogen (secondary N) is 1. The molecule has 0 saturated carbocycles. The number of benzene rings is 2. The van der Waals surface area contributed by atoms with Crippen molar-refractivity contribution in [2.24, 2.45) is 0 Å². The third kappa shape index (κ3) is 4.40. The van der Waals surface area contributed by atoms with E-state index in [4.69, 9.17) is 31.0 Å². The van der Waals surface area contributed by atoms with Crippen LogP contribution in [0.15, 0.2) is 36.4 Å². The Morgan fingerprint density at radius 2 is 2.00 bits per heavy atom. The summed E-state index contributed by atoms with van der Waals surface area (Å²) >= 11 is 6.64. The van der Waals surface area contributed by atoms with Gasteiger partial charge in [-0.2, -0.15) is 9.97 Å². The lowest BCUT2D eigenvalue weighted by Gasteiger charge is -2.39. The van der Waals surface area contributed by atoms with Gasteiger partial charge in [0, 0.05) is 48.1 Å². The summed E-state index contributed by atoms with van der Waals surface area (Å²) in [5.41, 5.74) is 0.372. The van der Waals surface area contributed by atoms with Crippen molar-refractivity contribution in [2.45, 2.75) is 56.4 Å². The maximum absolute atomic E-state index is 16.8. The summed E-state index contributed by atoms with van der Waals surface area (Å²) in [5.74, 6) is 0.257. The molecule has 3 saturated heterocycles. The number of alkyl halides is 1. The van der Waals surface area contributed by atoms with Crippen LogP contribution in [-0.2, 0) is 0 Å². The summed E-state index contributed by atoms with van der Waals surface area (Å²) in [6.45, 7) is 5.40. The maximum Gasteiger partial charge on any atom is 0.319 e. The van der Waals surface area contributed by atoms with Crippen LogP contribution >= 0.6 is 11.6 Å². The normalized spacial score (nSPS) is 26.8. The van der Waals surface area contributed by atoms with E-state index in [0.29, 0.717) is 59.8 Å². The van der Waals surface area contributed by atoms with E-state index in [9.17, 15) is 4.39 Å². The zero-order chi connectivity index (χ0) is 29.3. The number of hydrogen-bond donors (Lipinski definition) is 1. The Balaban J connectivity index is 1.30. The van der Waals surface area contributed by atoms with Gasteiger partial charge in [0.25, 0.3) is 0 Å². The summed E-state index contributed by atoms with van der Waals surface area (Å²) < 4.78 is 43.9. The summed E-state index contributed by atoms with van der Waals surface area (Å²) in [6, 6.07) is 11.5. The highest BCUT2D eigenvalue weighted by Crippen LogP contribution is 2.44. The fourth-order valence-corrected chi connectivity index (χ4v) is 7.80. The molecule has 0 bridgehead atoms. The molecule has 0 amide bonds. The second-order valence-electron chi connectivity index (χ2n) is 12.3. The van der Waals surface area contributed by atoms with Crippen LogP contribution in [0.4, 0.5) is 14.6 Å². The van der Waals surface area contributed by atoms with Crippen LogP contribution in [0.1, 0.15) is 32.6 Å². The van der Waals surface area contributed by atoms with Gasteiger partial charge in [-0.25, -0.2) is 13.8 Å². The molecular weight excluding hydrogens is 574 g/mol. The molecule has 3 fully saturated rings. The molecule has 11 heteroatoms. The largest absolute Gasteiger partial charge is 0.475 e. The quantitative estimate of drug-likeness (QED) is 0.317.